The number of amides is 1. The van der Waals surface area contributed by atoms with Crippen molar-refractivity contribution in [1.29, 1.82) is 5.26 Å². The molecule has 0 aliphatic rings. The molecule has 1 aromatic heterocycles. The van der Waals surface area contributed by atoms with Crippen LogP contribution in [0.3, 0.4) is 0 Å². The largest absolute Gasteiger partial charge is 0.336 e. The summed E-state index contributed by atoms with van der Waals surface area (Å²) in [6.07, 6.45) is 2.80. The van der Waals surface area contributed by atoms with Crippen LogP contribution in [0.4, 0.5) is 0 Å². The van der Waals surface area contributed by atoms with Crippen LogP contribution in [0.5, 0.6) is 0 Å². The third-order valence-electron chi connectivity index (χ3n) is 1.94. The van der Waals surface area contributed by atoms with Gasteiger partial charge in [0.2, 0.25) is 0 Å². The molecule has 0 saturated carbocycles. The topological polar surface area (TPSA) is 78.7 Å². The lowest BCUT2D eigenvalue weighted by Crippen LogP contribution is -2.37. The van der Waals surface area contributed by atoms with Crippen LogP contribution in [0.15, 0.2) is 18.5 Å². The second-order valence-corrected chi connectivity index (χ2v) is 3.46. The Hall–Kier alpha value is -1.96. The summed E-state index contributed by atoms with van der Waals surface area (Å²) in [6, 6.07) is 3.11. The van der Waals surface area contributed by atoms with E-state index in [-0.39, 0.29) is 11.8 Å². The molecule has 1 N–H and O–H groups in total. The summed E-state index contributed by atoms with van der Waals surface area (Å²) in [4.78, 5) is 11.6. The van der Waals surface area contributed by atoms with Crippen molar-refractivity contribution >= 4 is 5.91 Å². The van der Waals surface area contributed by atoms with E-state index in [2.05, 4.69) is 15.5 Å². The van der Waals surface area contributed by atoms with Gasteiger partial charge in [-0.3, -0.25) is 4.79 Å². The molecule has 0 aromatic carbocycles. The third-order valence-corrected chi connectivity index (χ3v) is 1.94. The van der Waals surface area contributed by atoms with Gasteiger partial charge in [-0.25, -0.2) is 0 Å². The van der Waals surface area contributed by atoms with Crippen molar-refractivity contribution < 1.29 is 4.79 Å². The number of carbonyl (C=O) groups excluding carboxylic acids is 1. The first-order chi connectivity index (χ1) is 7.15. The molecule has 15 heavy (non-hydrogen) atoms. The number of aromatic nitrogens is 2. The van der Waals surface area contributed by atoms with E-state index in [1.807, 2.05) is 19.9 Å². The Labute approximate surface area is 88.1 Å². The quantitative estimate of drug-likeness (QED) is 0.788. The average Bonchev–Trinajstić information content (AvgIpc) is 2.26. The molecule has 1 unspecified atom stereocenters. The minimum Gasteiger partial charge on any atom is -0.336 e. The summed E-state index contributed by atoms with van der Waals surface area (Å²) < 4.78 is 0. The van der Waals surface area contributed by atoms with Crippen molar-refractivity contribution in [2.75, 3.05) is 0 Å². The molecule has 0 radical (unpaired) electrons. The van der Waals surface area contributed by atoms with Crippen LogP contribution in [-0.2, 0) is 0 Å². The fourth-order valence-electron chi connectivity index (χ4n) is 0.998. The first kappa shape index (κ1) is 11.1. The molecular formula is C10H12N4O. The van der Waals surface area contributed by atoms with Crippen molar-refractivity contribution in [3.8, 4) is 6.07 Å². The number of nitrogens with zero attached hydrogens (tertiary/aromatic N) is 3. The zero-order valence-corrected chi connectivity index (χ0v) is 8.64. The van der Waals surface area contributed by atoms with E-state index in [0.29, 0.717) is 5.56 Å². The number of nitrogens with one attached hydrogen (secondary N) is 1. The normalized spacial score (nSPS) is 11.9. The third kappa shape index (κ3) is 3.02. The highest BCUT2D eigenvalue weighted by atomic mass is 16.1. The molecule has 0 saturated heterocycles. The SMILES string of the molecule is CC(C)C(C#N)NC(=O)c1ccnnc1. The van der Waals surface area contributed by atoms with Gasteiger partial charge in [0.1, 0.15) is 6.04 Å². The highest BCUT2D eigenvalue weighted by Crippen LogP contribution is 2.02. The van der Waals surface area contributed by atoms with Crippen LogP contribution in [0.1, 0.15) is 24.2 Å². The number of rotatable bonds is 3. The van der Waals surface area contributed by atoms with Crippen LogP contribution in [0.25, 0.3) is 0 Å². The molecule has 78 valence electrons. The molecule has 1 amide bonds. The molecule has 1 heterocycles. The monoisotopic (exact) mass is 204 g/mol. The Kier molecular flexibility index (Phi) is 3.75. The summed E-state index contributed by atoms with van der Waals surface area (Å²) in [5, 5.41) is 18.6. The van der Waals surface area contributed by atoms with E-state index in [9.17, 15) is 4.79 Å². The Morgan fingerprint density at radius 1 is 1.53 bits per heavy atom. The zero-order valence-electron chi connectivity index (χ0n) is 8.64. The summed E-state index contributed by atoms with van der Waals surface area (Å²) in [6.45, 7) is 3.75. The zero-order chi connectivity index (χ0) is 11.3. The molecule has 0 spiro atoms. The standard InChI is InChI=1S/C10H12N4O/c1-7(2)9(5-11)14-10(15)8-3-4-12-13-6-8/h3-4,6-7,9H,1-2H3,(H,14,15). The van der Waals surface area contributed by atoms with Gasteiger partial charge in [-0.15, -0.1) is 0 Å². The molecule has 1 atom stereocenters. The van der Waals surface area contributed by atoms with E-state index in [1.54, 1.807) is 6.07 Å². The van der Waals surface area contributed by atoms with Gasteiger partial charge in [-0.1, -0.05) is 13.8 Å². The Bertz CT molecular complexity index is 369. The molecule has 0 aliphatic heterocycles. The summed E-state index contributed by atoms with van der Waals surface area (Å²) in [7, 11) is 0. The molecule has 0 fully saturated rings. The molecule has 1 aromatic rings. The van der Waals surface area contributed by atoms with Crippen LogP contribution in [0.2, 0.25) is 0 Å². The van der Waals surface area contributed by atoms with Gasteiger partial charge in [0, 0.05) is 0 Å². The lowest BCUT2D eigenvalue weighted by Gasteiger charge is -2.14. The maximum absolute atomic E-state index is 11.6. The number of hydrogen-bond acceptors (Lipinski definition) is 4. The predicted molar refractivity (Wildman–Crippen MR) is 53.7 cm³/mol. The van der Waals surface area contributed by atoms with Crippen molar-refractivity contribution in [2.24, 2.45) is 5.92 Å². The molecular weight excluding hydrogens is 192 g/mol. The molecule has 5 nitrogen and oxygen atoms in total. The number of hydrogen-bond donors (Lipinski definition) is 1. The smallest absolute Gasteiger partial charge is 0.254 e. The molecule has 0 aliphatic carbocycles. The molecule has 5 heteroatoms. The van der Waals surface area contributed by atoms with Crippen LogP contribution in [-0.4, -0.2) is 22.1 Å². The van der Waals surface area contributed by atoms with Gasteiger partial charge in [-0.2, -0.15) is 15.5 Å². The van der Waals surface area contributed by atoms with Crippen molar-refractivity contribution in [3.63, 3.8) is 0 Å². The van der Waals surface area contributed by atoms with Gasteiger partial charge in [-0.05, 0) is 12.0 Å². The number of nitriles is 1. The van der Waals surface area contributed by atoms with E-state index in [4.69, 9.17) is 5.26 Å². The molecule has 1 rings (SSSR count). The van der Waals surface area contributed by atoms with E-state index in [0.717, 1.165) is 0 Å². The fourth-order valence-corrected chi connectivity index (χ4v) is 0.998. The fraction of sp³-hybridized carbons (Fsp3) is 0.400. The van der Waals surface area contributed by atoms with Gasteiger partial charge >= 0.3 is 0 Å². The average molecular weight is 204 g/mol. The first-order valence-corrected chi connectivity index (χ1v) is 4.62. The van der Waals surface area contributed by atoms with E-state index >= 15 is 0 Å². The minimum atomic E-state index is -0.481. The summed E-state index contributed by atoms with van der Waals surface area (Å²) >= 11 is 0. The molecule has 0 bridgehead atoms. The maximum Gasteiger partial charge on any atom is 0.254 e. The van der Waals surface area contributed by atoms with Crippen molar-refractivity contribution in [3.05, 3.63) is 24.0 Å². The lowest BCUT2D eigenvalue weighted by atomic mass is 10.1. The highest BCUT2D eigenvalue weighted by Gasteiger charge is 2.16. The maximum atomic E-state index is 11.6. The first-order valence-electron chi connectivity index (χ1n) is 4.62. The lowest BCUT2D eigenvalue weighted by molar-refractivity contribution is 0.0937. The van der Waals surface area contributed by atoms with Gasteiger partial charge in [0.15, 0.2) is 0 Å². The van der Waals surface area contributed by atoms with E-state index < -0.39 is 6.04 Å². The Balaban J connectivity index is 2.68. The van der Waals surface area contributed by atoms with Crippen molar-refractivity contribution in [1.82, 2.24) is 15.5 Å². The van der Waals surface area contributed by atoms with Gasteiger partial charge in [0.05, 0.1) is 24.0 Å². The van der Waals surface area contributed by atoms with Crippen molar-refractivity contribution in [2.45, 2.75) is 19.9 Å². The Morgan fingerprint density at radius 2 is 2.27 bits per heavy atom. The second-order valence-electron chi connectivity index (χ2n) is 3.46. The summed E-state index contributed by atoms with van der Waals surface area (Å²) in [5.41, 5.74) is 0.408. The predicted octanol–water partition coefficient (Wildman–Crippen LogP) is 0.755. The van der Waals surface area contributed by atoms with Gasteiger partial charge < -0.3 is 5.32 Å². The minimum absolute atomic E-state index is 0.0775. The summed E-state index contributed by atoms with van der Waals surface area (Å²) in [5.74, 6) is -0.223. The van der Waals surface area contributed by atoms with Crippen LogP contribution >= 0.6 is 0 Å². The van der Waals surface area contributed by atoms with E-state index in [1.165, 1.54) is 12.4 Å². The number of carbonyl (C=O) groups is 1. The van der Waals surface area contributed by atoms with Crippen LogP contribution in [0, 0.1) is 17.2 Å². The highest BCUT2D eigenvalue weighted by molar-refractivity contribution is 5.94. The second kappa shape index (κ2) is 5.05. The van der Waals surface area contributed by atoms with Crippen LogP contribution < -0.4 is 5.32 Å². The Morgan fingerprint density at radius 3 is 2.73 bits per heavy atom. The van der Waals surface area contributed by atoms with Gasteiger partial charge in [0.25, 0.3) is 5.91 Å².